The minimum atomic E-state index is -0.824. The zero-order valence-electron chi connectivity index (χ0n) is 10.8. The molecule has 2 N–H and O–H groups in total. The number of aliphatic carboxylic acids is 1. The van der Waals surface area contributed by atoms with E-state index >= 15 is 0 Å². The Hall–Kier alpha value is -1.49. The van der Waals surface area contributed by atoms with Gasteiger partial charge in [-0.05, 0) is 18.9 Å². The Morgan fingerprint density at radius 2 is 2.11 bits per heavy atom. The number of hydrogen-bond donors (Lipinski definition) is 2. The fraction of sp³-hybridized carbons (Fsp3) is 0.538. The fourth-order valence-electron chi connectivity index (χ4n) is 2.61. The Morgan fingerprint density at radius 1 is 1.47 bits per heavy atom. The van der Waals surface area contributed by atoms with E-state index in [1.165, 1.54) is 0 Å². The molecule has 0 spiro atoms. The molecule has 104 valence electrons. The third-order valence-corrected chi connectivity index (χ3v) is 4.01. The highest BCUT2D eigenvalue weighted by molar-refractivity contribution is 6.31. The topological polar surface area (TPSA) is 71.3 Å². The van der Waals surface area contributed by atoms with Crippen LogP contribution >= 0.6 is 11.6 Å². The van der Waals surface area contributed by atoms with Crippen LogP contribution in [0.5, 0.6) is 0 Å². The van der Waals surface area contributed by atoms with Crippen molar-refractivity contribution >= 4 is 23.5 Å². The van der Waals surface area contributed by atoms with Crippen molar-refractivity contribution in [2.75, 3.05) is 6.54 Å². The summed E-state index contributed by atoms with van der Waals surface area (Å²) < 4.78 is 1.62. The van der Waals surface area contributed by atoms with Gasteiger partial charge in [0, 0.05) is 19.8 Å². The lowest BCUT2D eigenvalue weighted by Crippen LogP contribution is -2.41. The van der Waals surface area contributed by atoms with Gasteiger partial charge in [-0.1, -0.05) is 24.4 Å². The number of halogens is 1. The quantitative estimate of drug-likeness (QED) is 0.889. The van der Waals surface area contributed by atoms with Crippen molar-refractivity contribution in [3.8, 4) is 0 Å². The molecular weight excluding hydrogens is 268 g/mol. The third kappa shape index (κ3) is 2.76. The molecule has 19 heavy (non-hydrogen) atoms. The molecule has 0 radical (unpaired) electrons. The Bertz CT molecular complexity index is 504. The predicted octanol–water partition coefficient (Wildman–Crippen LogP) is 2.05. The second-order valence-electron chi connectivity index (χ2n) is 5.13. The molecule has 1 saturated carbocycles. The van der Waals surface area contributed by atoms with Gasteiger partial charge in [0.2, 0.25) is 0 Å². The number of nitrogens with zero attached hydrogens (tertiary/aromatic N) is 1. The van der Waals surface area contributed by atoms with E-state index in [-0.39, 0.29) is 12.5 Å². The molecule has 1 aliphatic rings. The van der Waals surface area contributed by atoms with Gasteiger partial charge in [0.15, 0.2) is 0 Å². The van der Waals surface area contributed by atoms with Gasteiger partial charge in [-0.3, -0.25) is 9.59 Å². The first-order valence-corrected chi connectivity index (χ1v) is 6.66. The van der Waals surface area contributed by atoms with Crippen molar-refractivity contribution in [1.82, 2.24) is 9.88 Å². The molecule has 0 aromatic carbocycles. The first kappa shape index (κ1) is 13.9. The number of aryl methyl sites for hydroxylation is 1. The first-order chi connectivity index (χ1) is 8.94. The molecule has 0 aliphatic heterocycles. The molecule has 1 heterocycles. The molecule has 1 aromatic heterocycles. The highest BCUT2D eigenvalue weighted by Gasteiger charge is 2.41. The summed E-state index contributed by atoms with van der Waals surface area (Å²) in [7, 11) is 1.73. The van der Waals surface area contributed by atoms with Crippen LogP contribution in [-0.4, -0.2) is 28.1 Å². The van der Waals surface area contributed by atoms with Gasteiger partial charge in [-0.2, -0.15) is 0 Å². The Labute approximate surface area is 116 Å². The molecule has 1 amide bonds. The summed E-state index contributed by atoms with van der Waals surface area (Å²) in [5.41, 5.74) is -0.367. The SMILES string of the molecule is Cn1cc(Cl)cc1C(=O)NCC1(C(=O)O)CCCC1. The molecule has 0 bridgehead atoms. The van der Waals surface area contributed by atoms with Crippen molar-refractivity contribution in [2.45, 2.75) is 25.7 Å². The molecule has 1 aliphatic carbocycles. The largest absolute Gasteiger partial charge is 0.481 e. The molecule has 5 nitrogen and oxygen atoms in total. The average Bonchev–Trinajstić information content (AvgIpc) is 2.94. The summed E-state index contributed by atoms with van der Waals surface area (Å²) in [6.07, 6.45) is 4.68. The van der Waals surface area contributed by atoms with E-state index in [2.05, 4.69) is 5.32 Å². The number of carboxylic acid groups (broad SMARTS) is 1. The van der Waals surface area contributed by atoms with Crippen molar-refractivity contribution < 1.29 is 14.7 Å². The number of carbonyl (C=O) groups excluding carboxylic acids is 1. The fourth-order valence-corrected chi connectivity index (χ4v) is 2.86. The van der Waals surface area contributed by atoms with E-state index in [9.17, 15) is 14.7 Å². The summed E-state index contributed by atoms with van der Waals surface area (Å²) in [6.45, 7) is 0.171. The molecule has 2 rings (SSSR count). The highest BCUT2D eigenvalue weighted by atomic mass is 35.5. The van der Waals surface area contributed by atoms with Gasteiger partial charge in [0.1, 0.15) is 5.69 Å². The maximum Gasteiger partial charge on any atom is 0.311 e. The Morgan fingerprint density at radius 3 is 2.58 bits per heavy atom. The highest BCUT2D eigenvalue weighted by Crippen LogP contribution is 2.37. The molecule has 1 fully saturated rings. The lowest BCUT2D eigenvalue weighted by Gasteiger charge is -2.23. The summed E-state index contributed by atoms with van der Waals surface area (Å²) >= 11 is 5.82. The number of carboxylic acids is 1. The molecule has 0 atom stereocenters. The minimum absolute atomic E-state index is 0.171. The van der Waals surface area contributed by atoms with Gasteiger partial charge >= 0.3 is 5.97 Å². The van der Waals surface area contributed by atoms with E-state index in [0.29, 0.717) is 23.6 Å². The smallest absolute Gasteiger partial charge is 0.311 e. The van der Waals surface area contributed by atoms with Crippen molar-refractivity contribution in [2.24, 2.45) is 12.5 Å². The normalized spacial score (nSPS) is 17.4. The molecule has 0 unspecified atom stereocenters. The van der Waals surface area contributed by atoms with Crippen LogP contribution in [0.4, 0.5) is 0 Å². The maximum atomic E-state index is 12.0. The Kier molecular flexibility index (Phi) is 3.85. The van der Waals surface area contributed by atoms with E-state index < -0.39 is 11.4 Å². The van der Waals surface area contributed by atoms with Crippen LogP contribution in [0.1, 0.15) is 36.2 Å². The monoisotopic (exact) mass is 284 g/mol. The van der Waals surface area contributed by atoms with Crippen LogP contribution in [0.25, 0.3) is 0 Å². The predicted molar refractivity (Wildman–Crippen MR) is 71.3 cm³/mol. The minimum Gasteiger partial charge on any atom is -0.481 e. The molecule has 1 aromatic rings. The molecular formula is C13H17ClN2O3. The van der Waals surface area contributed by atoms with E-state index in [1.54, 1.807) is 23.9 Å². The van der Waals surface area contributed by atoms with Gasteiger partial charge < -0.3 is 15.0 Å². The number of carbonyl (C=O) groups is 2. The first-order valence-electron chi connectivity index (χ1n) is 6.28. The maximum absolute atomic E-state index is 12.0. The second kappa shape index (κ2) is 5.25. The third-order valence-electron chi connectivity index (χ3n) is 3.81. The van der Waals surface area contributed by atoms with Crippen molar-refractivity contribution in [1.29, 1.82) is 0 Å². The summed E-state index contributed by atoms with van der Waals surface area (Å²) in [5, 5.41) is 12.5. The van der Waals surface area contributed by atoms with E-state index in [4.69, 9.17) is 11.6 Å². The number of nitrogens with one attached hydrogen (secondary N) is 1. The molecule has 0 saturated heterocycles. The summed E-state index contributed by atoms with van der Waals surface area (Å²) in [6, 6.07) is 1.57. The van der Waals surface area contributed by atoms with Crippen LogP contribution in [0, 0.1) is 5.41 Å². The standard InChI is InChI=1S/C13H17ClN2O3/c1-16-7-9(14)6-10(16)11(17)15-8-13(12(18)19)4-2-3-5-13/h6-7H,2-5,8H2,1H3,(H,15,17)(H,18,19). The number of amides is 1. The lowest BCUT2D eigenvalue weighted by molar-refractivity contribution is -0.148. The lowest BCUT2D eigenvalue weighted by atomic mass is 9.86. The van der Waals surface area contributed by atoms with Gasteiger partial charge in [0.05, 0.1) is 10.4 Å². The van der Waals surface area contributed by atoms with Crippen LogP contribution in [0.15, 0.2) is 12.3 Å². The zero-order chi connectivity index (χ0) is 14.0. The Balaban J connectivity index is 2.04. The summed E-state index contributed by atoms with van der Waals surface area (Å²) in [4.78, 5) is 23.4. The summed E-state index contributed by atoms with van der Waals surface area (Å²) in [5.74, 6) is -1.11. The van der Waals surface area contributed by atoms with Gasteiger partial charge in [-0.25, -0.2) is 0 Å². The molecule has 6 heteroatoms. The van der Waals surface area contributed by atoms with Crippen LogP contribution in [0.3, 0.4) is 0 Å². The number of hydrogen-bond acceptors (Lipinski definition) is 2. The van der Waals surface area contributed by atoms with E-state index in [1.807, 2.05) is 0 Å². The second-order valence-corrected chi connectivity index (χ2v) is 5.57. The van der Waals surface area contributed by atoms with Crippen molar-refractivity contribution in [3.05, 3.63) is 23.0 Å². The number of rotatable bonds is 4. The van der Waals surface area contributed by atoms with Gasteiger partial charge in [0.25, 0.3) is 5.91 Å². The van der Waals surface area contributed by atoms with Crippen molar-refractivity contribution in [3.63, 3.8) is 0 Å². The zero-order valence-corrected chi connectivity index (χ0v) is 11.5. The average molecular weight is 285 g/mol. The van der Waals surface area contributed by atoms with Gasteiger partial charge in [-0.15, -0.1) is 0 Å². The number of aromatic nitrogens is 1. The van der Waals surface area contributed by atoms with Crippen LogP contribution in [-0.2, 0) is 11.8 Å². The van der Waals surface area contributed by atoms with Crippen LogP contribution < -0.4 is 5.32 Å². The van der Waals surface area contributed by atoms with E-state index in [0.717, 1.165) is 12.8 Å². The van der Waals surface area contributed by atoms with Crippen LogP contribution in [0.2, 0.25) is 5.02 Å².